The second-order valence-electron chi connectivity index (χ2n) is 4.23. The number of ether oxygens (including phenoxy) is 1. The van der Waals surface area contributed by atoms with Crippen LogP contribution in [0, 0.1) is 0 Å². The van der Waals surface area contributed by atoms with Gasteiger partial charge in [-0.2, -0.15) is 0 Å². The lowest BCUT2D eigenvalue weighted by Gasteiger charge is -2.20. The second kappa shape index (κ2) is 4.31. The molecule has 0 aromatic carbocycles. The van der Waals surface area contributed by atoms with E-state index in [1.54, 1.807) is 24.4 Å². The van der Waals surface area contributed by atoms with Gasteiger partial charge in [0, 0.05) is 12.4 Å². The van der Waals surface area contributed by atoms with Gasteiger partial charge in [-0.05, 0) is 32.9 Å². The zero-order valence-electron chi connectivity index (χ0n) is 9.23. The van der Waals surface area contributed by atoms with Crippen LogP contribution in [0.4, 0.5) is 0 Å². The Kier molecular flexibility index (Phi) is 3.31. The van der Waals surface area contributed by atoms with E-state index in [0.717, 1.165) is 0 Å². The molecule has 1 aliphatic heterocycles. The van der Waals surface area contributed by atoms with Crippen molar-refractivity contribution < 1.29 is 9.53 Å². The quantitative estimate of drug-likeness (QED) is 0.523. The van der Waals surface area contributed by atoms with Crippen LogP contribution in [0.5, 0.6) is 0 Å². The van der Waals surface area contributed by atoms with Gasteiger partial charge in [-0.3, -0.25) is 5.01 Å². The van der Waals surface area contributed by atoms with Gasteiger partial charge in [0.1, 0.15) is 5.60 Å². The lowest BCUT2D eigenvalue weighted by Crippen LogP contribution is -2.26. The normalized spacial score (nSPS) is 16.0. The van der Waals surface area contributed by atoms with Crippen molar-refractivity contribution in [3.8, 4) is 0 Å². The molecule has 15 heavy (non-hydrogen) atoms. The highest BCUT2D eigenvalue weighted by Gasteiger charge is 2.19. The number of hydrogen-bond donors (Lipinski definition) is 1. The molecule has 1 aliphatic rings. The maximum Gasteiger partial charge on any atom is 0.340 e. The summed E-state index contributed by atoms with van der Waals surface area (Å²) in [5, 5.41) is 1.32. The third-order valence-electron chi connectivity index (χ3n) is 1.57. The van der Waals surface area contributed by atoms with Crippen molar-refractivity contribution in [3.05, 3.63) is 36.2 Å². The number of rotatable bonds is 1. The molecule has 0 radical (unpaired) electrons. The fourth-order valence-electron chi connectivity index (χ4n) is 1.01. The van der Waals surface area contributed by atoms with Gasteiger partial charge in [-0.1, -0.05) is 6.08 Å². The van der Waals surface area contributed by atoms with Crippen LogP contribution in [0.3, 0.4) is 0 Å². The third-order valence-corrected chi connectivity index (χ3v) is 1.57. The van der Waals surface area contributed by atoms with Gasteiger partial charge in [0.2, 0.25) is 0 Å². The van der Waals surface area contributed by atoms with E-state index in [1.807, 2.05) is 20.8 Å². The molecule has 0 saturated carbocycles. The van der Waals surface area contributed by atoms with Crippen LogP contribution in [-0.4, -0.2) is 16.6 Å². The van der Waals surface area contributed by atoms with E-state index in [1.165, 1.54) is 11.2 Å². The molecule has 2 N–H and O–H groups in total. The number of carbonyl (C=O) groups is 1. The first kappa shape index (κ1) is 11.5. The summed E-state index contributed by atoms with van der Waals surface area (Å²) in [4.78, 5) is 11.7. The molecule has 4 heteroatoms. The topological polar surface area (TPSA) is 55.6 Å². The third kappa shape index (κ3) is 3.99. The fraction of sp³-hybridized carbons (Fsp3) is 0.364. The SMILES string of the molecule is CC(C)(C)OC(=O)C1=CN(N)C=CC=C1. The maximum absolute atomic E-state index is 11.7. The van der Waals surface area contributed by atoms with E-state index in [0.29, 0.717) is 5.57 Å². The van der Waals surface area contributed by atoms with Crippen LogP contribution in [0.2, 0.25) is 0 Å². The Hall–Kier alpha value is -1.55. The Bertz CT molecular complexity index is 335. The smallest absolute Gasteiger partial charge is 0.340 e. The molecule has 0 bridgehead atoms. The molecule has 82 valence electrons. The first-order chi connectivity index (χ1) is 6.88. The number of hydrogen-bond acceptors (Lipinski definition) is 4. The molecule has 0 spiro atoms. The highest BCUT2D eigenvalue weighted by Crippen LogP contribution is 2.13. The van der Waals surface area contributed by atoms with Gasteiger partial charge in [0.05, 0.1) is 5.57 Å². The molecule has 0 amide bonds. The molecular formula is C11H16N2O2. The zero-order valence-corrected chi connectivity index (χ0v) is 9.23. The second-order valence-corrected chi connectivity index (χ2v) is 4.23. The average Bonchev–Trinajstić information content (AvgIpc) is 2.26. The van der Waals surface area contributed by atoms with Crippen molar-refractivity contribution in [3.63, 3.8) is 0 Å². The van der Waals surface area contributed by atoms with Crippen molar-refractivity contribution in [1.82, 2.24) is 5.01 Å². The van der Waals surface area contributed by atoms with Gasteiger partial charge in [0.15, 0.2) is 0 Å². The summed E-state index contributed by atoms with van der Waals surface area (Å²) in [5.41, 5.74) is -0.0669. The largest absolute Gasteiger partial charge is 0.456 e. The summed E-state index contributed by atoms with van der Waals surface area (Å²) in [7, 11) is 0. The summed E-state index contributed by atoms with van der Waals surface area (Å²) in [6, 6.07) is 0. The summed E-state index contributed by atoms with van der Waals surface area (Å²) in [6.07, 6.45) is 8.32. The van der Waals surface area contributed by atoms with Crippen LogP contribution in [0.15, 0.2) is 36.2 Å². The van der Waals surface area contributed by atoms with Crippen molar-refractivity contribution in [2.45, 2.75) is 26.4 Å². The molecule has 1 rings (SSSR count). The Morgan fingerprint density at radius 2 is 2.07 bits per heavy atom. The number of esters is 1. The summed E-state index contributed by atoms with van der Waals surface area (Å²) in [5.74, 6) is 5.17. The first-order valence-corrected chi connectivity index (χ1v) is 4.71. The molecule has 1 heterocycles. The molecule has 4 nitrogen and oxygen atoms in total. The summed E-state index contributed by atoms with van der Waals surface area (Å²) >= 11 is 0. The van der Waals surface area contributed by atoms with Crippen LogP contribution in [0.1, 0.15) is 20.8 Å². The molecule has 0 aromatic heterocycles. The molecule has 0 aliphatic carbocycles. The average molecular weight is 208 g/mol. The minimum Gasteiger partial charge on any atom is -0.456 e. The van der Waals surface area contributed by atoms with Crippen LogP contribution in [0.25, 0.3) is 0 Å². The highest BCUT2D eigenvalue weighted by atomic mass is 16.6. The zero-order chi connectivity index (χ0) is 11.5. The van der Waals surface area contributed by atoms with Crippen molar-refractivity contribution in [2.24, 2.45) is 5.84 Å². The lowest BCUT2D eigenvalue weighted by atomic mass is 10.2. The number of nitrogens with two attached hydrogens (primary N) is 1. The molecule has 0 saturated heterocycles. The van der Waals surface area contributed by atoms with Gasteiger partial charge in [-0.25, -0.2) is 10.6 Å². The predicted molar refractivity (Wildman–Crippen MR) is 58.2 cm³/mol. The number of allylic oxidation sites excluding steroid dienone is 2. The Balaban J connectivity index is 2.76. The Morgan fingerprint density at radius 1 is 1.40 bits per heavy atom. The van der Waals surface area contributed by atoms with Crippen molar-refractivity contribution >= 4 is 5.97 Å². The lowest BCUT2D eigenvalue weighted by molar-refractivity contribution is -0.149. The standard InChI is InChI=1S/C11H16N2O2/c1-11(2,3)15-10(14)9-6-4-5-7-13(12)8-9/h4-8H,12H2,1-3H3. The van der Waals surface area contributed by atoms with Gasteiger partial charge in [-0.15, -0.1) is 0 Å². The predicted octanol–water partition coefficient (Wildman–Crippen LogP) is 1.47. The first-order valence-electron chi connectivity index (χ1n) is 4.71. The minimum absolute atomic E-state index is 0.377. The van der Waals surface area contributed by atoms with E-state index < -0.39 is 5.60 Å². The molecule has 0 unspecified atom stereocenters. The van der Waals surface area contributed by atoms with E-state index in [-0.39, 0.29) is 5.97 Å². The van der Waals surface area contributed by atoms with Gasteiger partial charge < -0.3 is 4.74 Å². The molecule has 0 aromatic rings. The number of hydrazine groups is 1. The van der Waals surface area contributed by atoms with Crippen LogP contribution < -0.4 is 5.84 Å². The van der Waals surface area contributed by atoms with E-state index in [2.05, 4.69) is 0 Å². The maximum atomic E-state index is 11.7. The van der Waals surface area contributed by atoms with Crippen molar-refractivity contribution in [1.29, 1.82) is 0 Å². The Morgan fingerprint density at radius 3 is 2.67 bits per heavy atom. The van der Waals surface area contributed by atoms with E-state index in [9.17, 15) is 4.79 Å². The Labute approximate surface area is 89.7 Å². The number of nitrogens with zero attached hydrogens (tertiary/aromatic N) is 1. The summed E-state index contributed by atoms with van der Waals surface area (Å²) in [6.45, 7) is 5.47. The number of carbonyl (C=O) groups excluding carboxylic acids is 1. The molecule has 0 fully saturated rings. The van der Waals surface area contributed by atoms with E-state index in [4.69, 9.17) is 10.6 Å². The minimum atomic E-state index is -0.495. The monoisotopic (exact) mass is 208 g/mol. The van der Waals surface area contributed by atoms with Gasteiger partial charge >= 0.3 is 5.97 Å². The highest BCUT2D eigenvalue weighted by molar-refractivity contribution is 5.91. The van der Waals surface area contributed by atoms with E-state index >= 15 is 0 Å². The van der Waals surface area contributed by atoms with Gasteiger partial charge in [0.25, 0.3) is 0 Å². The molecular weight excluding hydrogens is 192 g/mol. The summed E-state index contributed by atoms with van der Waals surface area (Å²) < 4.78 is 5.21. The van der Waals surface area contributed by atoms with Crippen molar-refractivity contribution in [2.75, 3.05) is 0 Å². The van der Waals surface area contributed by atoms with Crippen LogP contribution in [-0.2, 0) is 9.53 Å². The molecule has 0 atom stereocenters. The fourth-order valence-corrected chi connectivity index (χ4v) is 1.01. The van der Waals surface area contributed by atoms with Crippen LogP contribution >= 0.6 is 0 Å².